The summed E-state index contributed by atoms with van der Waals surface area (Å²) in [6.07, 6.45) is 9.86. The first-order valence-corrected chi connectivity index (χ1v) is 8.45. The lowest BCUT2D eigenvalue weighted by atomic mass is 10.1. The fourth-order valence-electron chi connectivity index (χ4n) is 3.56. The highest BCUT2D eigenvalue weighted by Crippen LogP contribution is 2.17. The van der Waals surface area contributed by atoms with Gasteiger partial charge in [0.05, 0.1) is 0 Å². The van der Waals surface area contributed by atoms with Crippen LogP contribution in [-0.4, -0.2) is 61.7 Å². The molecule has 0 aromatic rings. The molecule has 3 heteroatoms. The molecule has 0 amide bonds. The van der Waals surface area contributed by atoms with Gasteiger partial charge in [0.25, 0.3) is 0 Å². The number of nitrogens with one attached hydrogen (secondary N) is 1. The van der Waals surface area contributed by atoms with Crippen molar-refractivity contribution in [3.8, 4) is 0 Å². The second kappa shape index (κ2) is 8.23. The summed E-state index contributed by atoms with van der Waals surface area (Å²) in [5, 5.41) is 3.80. The first-order valence-electron chi connectivity index (χ1n) is 8.45. The first kappa shape index (κ1) is 15.3. The summed E-state index contributed by atoms with van der Waals surface area (Å²) in [7, 11) is 2.27. The zero-order valence-corrected chi connectivity index (χ0v) is 13.0. The van der Waals surface area contributed by atoms with E-state index in [0.29, 0.717) is 0 Å². The van der Waals surface area contributed by atoms with E-state index < -0.39 is 0 Å². The summed E-state index contributed by atoms with van der Waals surface area (Å²) >= 11 is 0. The number of nitrogens with zero attached hydrogens (tertiary/aromatic N) is 2. The molecule has 2 fully saturated rings. The van der Waals surface area contributed by atoms with E-state index in [4.69, 9.17) is 0 Å². The van der Waals surface area contributed by atoms with Crippen molar-refractivity contribution in [2.45, 2.75) is 64.0 Å². The lowest BCUT2D eigenvalue weighted by molar-refractivity contribution is 0.0932. The normalized spacial score (nSPS) is 28.4. The van der Waals surface area contributed by atoms with Crippen LogP contribution in [0.4, 0.5) is 0 Å². The zero-order valence-electron chi connectivity index (χ0n) is 13.0. The molecule has 1 aliphatic heterocycles. The van der Waals surface area contributed by atoms with E-state index in [0.717, 1.165) is 12.1 Å². The Morgan fingerprint density at radius 1 is 1.05 bits per heavy atom. The van der Waals surface area contributed by atoms with Gasteiger partial charge in [-0.2, -0.15) is 0 Å². The number of likely N-dealkylation sites (N-methyl/N-ethyl adjacent to an activating group) is 1. The van der Waals surface area contributed by atoms with Gasteiger partial charge in [-0.3, -0.25) is 4.90 Å². The smallest absolute Gasteiger partial charge is 0.0218 e. The summed E-state index contributed by atoms with van der Waals surface area (Å²) < 4.78 is 0. The molecular weight excluding hydrogens is 234 g/mol. The van der Waals surface area contributed by atoms with Crippen LogP contribution in [-0.2, 0) is 0 Å². The van der Waals surface area contributed by atoms with Crippen molar-refractivity contribution in [1.29, 1.82) is 0 Å². The van der Waals surface area contributed by atoms with Crippen LogP contribution in [0.25, 0.3) is 0 Å². The first-order chi connectivity index (χ1) is 9.29. The minimum atomic E-state index is 0.770. The van der Waals surface area contributed by atoms with Gasteiger partial charge in [0.2, 0.25) is 0 Å². The molecule has 1 atom stereocenters. The van der Waals surface area contributed by atoms with Crippen molar-refractivity contribution in [1.82, 2.24) is 15.1 Å². The van der Waals surface area contributed by atoms with Crippen LogP contribution in [0.1, 0.15) is 51.9 Å². The predicted molar refractivity (Wildman–Crippen MR) is 82.6 cm³/mol. The van der Waals surface area contributed by atoms with Crippen LogP contribution in [0, 0.1) is 0 Å². The van der Waals surface area contributed by atoms with Gasteiger partial charge in [0.1, 0.15) is 0 Å². The molecule has 2 aliphatic rings. The topological polar surface area (TPSA) is 18.5 Å². The molecule has 1 N–H and O–H groups in total. The van der Waals surface area contributed by atoms with Gasteiger partial charge in [-0.25, -0.2) is 0 Å². The van der Waals surface area contributed by atoms with Crippen LogP contribution in [0.15, 0.2) is 0 Å². The quantitative estimate of drug-likeness (QED) is 0.771. The lowest BCUT2D eigenvalue weighted by Crippen LogP contribution is -2.52. The maximum absolute atomic E-state index is 3.80. The Kier molecular flexibility index (Phi) is 6.62. The molecule has 3 nitrogen and oxygen atoms in total. The van der Waals surface area contributed by atoms with E-state index in [1.54, 1.807) is 0 Å². The lowest BCUT2D eigenvalue weighted by Gasteiger charge is -2.39. The van der Waals surface area contributed by atoms with Crippen molar-refractivity contribution in [3.05, 3.63) is 0 Å². The molecule has 1 unspecified atom stereocenters. The molecule has 1 heterocycles. The van der Waals surface area contributed by atoms with Crippen LogP contribution in [0.5, 0.6) is 0 Å². The largest absolute Gasteiger partial charge is 0.313 e. The number of rotatable bonds is 5. The van der Waals surface area contributed by atoms with Crippen molar-refractivity contribution < 1.29 is 0 Å². The summed E-state index contributed by atoms with van der Waals surface area (Å²) in [6, 6.07) is 1.57. The molecule has 112 valence electrons. The maximum Gasteiger partial charge on any atom is 0.0218 e. The molecule has 0 spiro atoms. The van der Waals surface area contributed by atoms with Crippen LogP contribution < -0.4 is 5.32 Å². The van der Waals surface area contributed by atoms with Gasteiger partial charge in [0, 0.05) is 44.8 Å². The third kappa shape index (κ3) is 5.05. The second-order valence-corrected chi connectivity index (χ2v) is 6.49. The number of hydrogen-bond acceptors (Lipinski definition) is 3. The fraction of sp³-hybridized carbons (Fsp3) is 1.00. The molecule has 0 radical (unpaired) electrons. The van der Waals surface area contributed by atoms with Gasteiger partial charge in [-0.05, 0) is 26.3 Å². The van der Waals surface area contributed by atoms with Crippen molar-refractivity contribution >= 4 is 0 Å². The summed E-state index contributed by atoms with van der Waals surface area (Å²) in [4.78, 5) is 5.17. The molecule has 0 aromatic carbocycles. The molecule has 1 saturated heterocycles. The molecule has 0 bridgehead atoms. The summed E-state index contributed by atoms with van der Waals surface area (Å²) in [5.74, 6) is 0. The SMILES string of the molecule is CCC1CN(CCNC2CCCCCC2)CCN1C. The molecule has 19 heavy (non-hydrogen) atoms. The average Bonchev–Trinajstić information content (AvgIpc) is 2.69. The third-order valence-electron chi connectivity index (χ3n) is 5.05. The van der Waals surface area contributed by atoms with Gasteiger partial charge < -0.3 is 10.2 Å². The highest BCUT2D eigenvalue weighted by Gasteiger charge is 2.22. The monoisotopic (exact) mass is 267 g/mol. The number of piperazine rings is 1. The van der Waals surface area contributed by atoms with Gasteiger partial charge >= 0.3 is 0 Å². The Balaban J connectivity index is 1.62. The Hall–Kier alpha value is -0.120. The molecule has 0 aromatic heterocycles. The minimum absolute atomic E-state index is 0.770. The molecular formula is C16H33N3. The highest BCUT2D eigenvalue weighted by molar-refractivity contribution is 4.80. The zero-order chi connectivity index (χ0) is 13.5. The van der Waals surface area contributed by atoms with E-state index >= 15 is 0 Å². The predicted octanol–water partition coefficient (Wildman–Crippen LogP) is 2.32. The second-order valence-electron chi connectivity index (χ2n) is 6.49. The molecule has 1 aliphatic carbocycles. The van der Waals surface area contributed by atoms with E-state index in [1.165, 1.54) is 77.7 Å². The van der Waals surface area contributed by atoms with Crippen LogP contribution in [0.3, 0.4) is 0 Å². The van der Waals surface area contributed by atoms with Gasteiger partial charge in [-0.15, -0.1) is 0 Å². The minimum Gasteiger partial charge on any atom is -0.313 e. The molecule has 2 rings (SSSR count). The Morgan fingerprint density at radius 2 is 1.79 bits per heavy atom. The Labute approximate surface area is 119 Å². The van der Waals surface area contributed by atoms with Crippen LogP contribution in [0.2, 0.25) is 0 Å². The standard InChI is InChI=1S/C16H33N3/c1-3-16-14-19(13-12-18(16)2)11-10-17-15-8-6-4-5-7-9-15/h15-17H,3-14H2,1-2H3. The van der Waals surface area contributed by atoms with Crippen molar-refractivity contribution in [2.75, 3.05) is 39.8 Å². The Morgan fingerprint density at radius 3 is 2.47 bits per heavy atom. The highest BCUT2D eigenvalue weighted by atomic mass is 15.3. The fourth-order valence-corrected chi connectivity index (χ4v) is 3.56. The third-order valence-corrected chi connectivity index (χ3v) is 5.05. The van der Waals surface area contributed by atoms with Crippen molar-refractivity contribution in [3.63, 3.8) is 0 Å². The Bertz CT molecular complexity index is 236. The van der Waals surface area contributed by atoms with E-state index in [-0.39, 0.29) is 0 Å². The van der Waals surface area contributed by atoms with Gasteiger partial charge in [-0.1, -0.05) is 32.6 Å². The molecule has 1 saturated carbocycles. The summed E-state index contributed by atoms with van der Waals surface area (Å²) in [6.45, 7) is 8.49. The van der Waals surface area contributed by atoms with E-state index in [9.17, 15) is 0 Å². The van der Waals surface area contributed by atoms with E-state index in [2.05, 4.69) is 29.1 Å². The van der Waals surface area contributed by atoms with E-state index in [1.807, 2.05) is 0 Å². The van der Waals surface area contributed by atoms with Crippen LogP contribution >= 0.6 is 0 Å². The maximum atomic E-state index is 3.80. The number of hydrogen-bond donors (Lipinski definition) is 1. The average molecular weight is 267 g/mol. The van der Waals surface area contributed by atoms with Crippen molar-refractivity contribution in [2.24, 2.45) is 0 Å². The van der Waals surface area contributed by atoms with Gasteiger partial charge in [0.15, 0.2) is 0 Å². The summed E-state index contributed by atoms with van der Waals surface area (Å²) in [5.41, 5.74) is 0.